The zero-order valence-electron chi connectivity index (χ0n) is 14.2. The molecule has 26 heavy (non-hydrogen) atoms. The van der Waals surface area contributed by atoms with E-state index in [1.165, 1.54) is 17.3 Å². The number of aromatic nitrogens is 2. The third-order valence-electron chi connectivity index (χ3n) is 3.70. The van der Waals surface area contributed by atoms with E-state index in [4.69, 9.17) is 16.1 Å². The summed E-state index contributed by atoms with van der Waals surface area (Å²) < 4.78 is 5.26. The molecule has 3 aromatic rings. The molecule has 0 saturated heterocycles. The lowest BCUT2D eigenvalue weighted by molar-refractivity contribution is -0.113. The molecule has 0 radical (unpaired) electrons. The Morgan fingerprint density at radius 3 is 2.69 bits per heavy atom. The van der Waals surface area contributed by atoms with Gasteiger partial charge in [-0.2, -0.15) is 4.98 Å². The molecule has 0 atom stereocenters. The minimum absolute atomic E-state index is 0.127. The van der Waals surface area contributed by atoms with E-state index in [9.17, 15) is 4.79 Å². The van der Waals surface area contributed by atoms with Gasteiger partial charge in [0.05, 0.1) is 22.2 Å². The highest BCUT2D eigenvalue weighted by atomic mass is 35.5. The van der Waals surface area contributed by atoms with Crippen LogP contribution in [0.25, 0.3) is 11.4 Å². The quantitative estimate of drug-likeness (QED) is 0.629. The van der Waals surface area contributed by atoms with Crippen molar-refractivity contribution in [3.63, 3.8) is 0 Å². The van der Waals surface area contributed by atoms with Crippen molar-refractivity contribution in [2.75, 3.05) is 11.1 Å². The third kappa shape index (κ3) is 4.86. The van der Waals surface area contributed by atoms with E-state index in [2.05, 4.69) is 34.5 Å². The Bertz CT molecular complexity index is 881. The van der Waals surface area contributed by atoms with E-state index in [1.54, 1.807) is 12.1 Å². The van der Waals surface area contributed by atoms with Gasteiger partial charge in [-0.05, 0) is 24.1 Å². The molecular formula is C19H18ClN3O2S. The molecule has 2 aromatic carbocycles. The SMILES string of the molecule is CCc1ccc(-c2noc(CSCC(=O)Nc3ccccc3Cl)n2)cc1. The van der Waals surface area contributed by atoms with Crippen LogP contribution in [-0.2, 0) is 17.0 Å². The van der Waals surface area contributed by atoms with E-state index in [0.29, 0.717) is 28.2 Å². The van der Waals surface area contributed by atoms with E-state index >= 15 is 0 Å². The van der Waals surface area contributed by atoms with Crippen molar-refractivity contribution in [2.24, 2.45) is 0 Å². The Hall–Kier alpha value is -2.31. The minimum Gasteiger partial charge on any atom is -0.338 e. The summed E-state index contributed by atoms with van der Waals surface area (Å²) in [7, 11) is 0. The second-order valence-electron chi connectivity index (χ2n) is 5.58. The molecule has 0 aliphatic rings. The lowest BCUT2D eigenvalue weighted by Crippen LogP contribution is -2.14. The number of benzene rings is 2. The number of halogens is 1. The molecule has 134 valence electrons. The van der Waals surface area contributed by atoms with Gasteiger partial charge in [-0.3, -0.25) is 4.79 Å². The van der Waals surface area contributed by atoms with Crippen LogP contribution in [0.2, 0.25) is 5.02 Å². The number of nitrogens with one attached hydrogen (secondary N) is 1. The number of aryl methyl sites for hydroxylation is 1. The Balaban J connectivity index is 1.50. The van der Waals surface area contributed by atoms with Crippen LogP contribution >= 0.6 is 23.4 Å². The molecule has 1 heterocycles. The van der Waals surface area contributed by atoms with Crippen LogP contribution in [0.4, 0.5) is 5.69 Å². The molecular weight excluding hydrogens is 370 g/mol. The lowest BCUT2D eigenvalue weighted by Gasteiger charge is -2.05. The number of amides is 1. The van der Waals surface area contributed by atoms with Crippen LogP contribution in [0.5, 0.6) is 0 Å². The van der Waals surface area contributed by atoms with Gasteiger partial charge in [0.1, 0.15) is 0 Å². The number of hydrogen-bond acceptors (Lipinski definition) is 5. The fraction of sp³-hybridized carbons (Fsp3) is 0.211. The largest absolute Gasteiger partial charge is 0.338 e. The Morgan fingerprint density at radius 1 is 1.19 bits per heavy atom. The standard InChI is InChI=1S/C19H18ClN3O2S/c1-2-13-7-9-14(10-8-13)19-22-18(25-23-19)12-26-11-17(24)21-16-6-4-3-5-15(16)20/h3-10H,2,11-12H2,1H3,(H,21,24). The number of carbonyl (C=O) groups excluding carboxylic acids is 1. The number of para-hydroxylation sites is 1. The first-order valence-corrected chi connectivity index (χ1v) is 9.73. The van der Waals surface area contributed by atoms with Gasteiger partial charge in [0.15, 0.2) is 0 Å². The molecule has 7 heteroatoms. The average molecular weight is 388 g/mol. The molecule has 5 nitrogen and oxygen atoms in total. The van der Waals surface area contributed by atoms with Gasteiger partial charge in [0, 0.05) is 5.56 Å². The van der Waals surface area contributed by atoms with Crippen LogP contribution in [0.15, 0.2) is 53.1 Å². The normalized spacial score (nSPS) is 10.7. The van der Waals surface area contributed by atoms with Crippen molar-refractivity contribution in [3.05, 3.63) is 65.0 Å². The van der Waals surface area contributed by atoms with E-state index in [0.717, 1.165) is 12.0 Å². The predicted octanol–water partition coefficient (Wildman–Crippen LogP) is 4.82. The van der Waals surface area contributed by atoms with Gasteiger partial charge >= 0.3 is 0 Å². The van der Waals surface area contributed by atoms with Crippen LogP contribution in [0, 0.1) is 0 Å². The molecule has 1 N–H and O–H groups in total. The third-order valence-corrected chi connectivity index (χ3v) is 4.94. The first kappa shape index (κ1) is 18.5. The molecule has 0 spiro atoms. The number of carbonyl (C=O) groups is 1. The Kier molecular flexibility index (Phi) is 6.30. The highest BCUT2D eigenvalue weighted by Gasteiger charge is 2.10. The van der Waals surface area contributed by atoms with Crippen LogP contribution in [0.1, 0.15) is 18.4 Å². The van der Waals surface area contributed by atoms with Gasteiger partial charge in [-0.25, -0.2) is 0 Å². The first-order valence-electron chi connectivity index (χ1n) is 8.19. The fourth-order valence-electron chi connectivity index (χ4n) is 2.30. The van der Waals surface area contributed by atoms with Crippen molar-refractivity contribution in [3.8, 4) is 11.4 Å². The summed E-state index contributed by atoms with van der Waals surface area (Å²) in [6.07, 6.45) is 0.991. The number of anilines is 1. The molecule has 0 fully saturated rings. The summed E-state index contributed by atoms with van der Waals surface area (Å²) >= 11 is 7.43. The summed E-state index contributed by atoms with van der Waals surface area (Å²) in [4.78, 5) is 16.4. The summed E-state index contributed by atoms with van der Waals surface area (Å²) in [5.74, 6) is 1.67. The maximum atomic E-state index is 12.0. The molecule has 0 aliphatic heterocycles. The highest BCUT2D eigenvalue weighted by Crippen LogP contribution is 2.22. The Labute approximate surface area is 161 Å². The summed E-state index contributed by atoms with van der Waals surface area (Å²) in [5.41, 5.74) is 2.78. The van der Waals surface area contributed by atoms with Gasteiger partial charge in [-0.1, -0.05) is 60.1 Å². The second-order valence-corrected chi connectivity index (χ2v) is 6.98. The molecule has 1 aromatic heterocycles. The smallest absolute Gasteiger partial charge is 0.236 e. The van der Waals surface area contributed by atoms with Gasteiger partial charge in [0.25, 0.3) is 0 Å². The maximum absolute atomic E-state index is 12.0. The summed E-state index contributed by atoms with van der Waals surface area (Å²) in [6.45, 7) is 2.11. The molecule has 1 amide bonds. The number of hydrogen-bond donors (Lipinski definition) is 1. The number of rotatable bonds is 7. The zero-order chi connectivity index (χ0) is 18.4. The summed E-state index contributed by atoms with van der Waals surface area (Å²) in [5, 5.41) is 7.30. The van der Waals surface area contributed by atoms with Crippen molar-refractivity contribution in [2.45, 2.75) is 19.1 Å². The van der Waals surface area contributed by atoms with Gasteiger partial charge in [0.2, 0.25) is 17.6 Å². The zero-order valence-corrected chi connectivity index (χ0v) is 15.8. The van der Waals surface area contributed by atoms with Gasteiger partial charge in [-0.15, -0.1) is 11.8 Å². The van der Waals surface area contributed by atoms with Crippen LogP contribution in [0.3, 0.4) is 0 Å². The molecule has 0 saturated carbocycles. The van der Waals surface area contributed by atoms with Crippen molar-refractivity contribution < 1.29 is 9.32 Å². The molecule has 0 unspecified atom stereocenters. The molecule has 3 rings (SSSR count). The van der Waals surface area contributed by atoms with E-state index in [1.807, 2.05) is 24.3 Å². The lowest BCUT2D eigenvalue weighted by atomic mass is 10.1. The Morgan fingerprint density at radius 2 is 1.96 bits per heavy atom. The fourth-order valence-corrected chi connectivity index (χ4v) is 3.13. The van der Waals surface area contributed by atoms with Crippen molar-refractivity contribution in [1.82, 2.24) is 10.1 Å². The topological polar surface area (TPSA) is 68.0 Å². The monoisotopic (exact) mass is 387 g/mol. The first-order chi connectivity index (χ1) is 12.7. The predicted molar refractivity (Wildman–Crippen MR) is 105 cm³/mol. The second kappa shape index (κ2) is 8.87. The van der Waals surface area contributed by atoms with Crippen LogP contribution in [-0.4, -0.2) is 21.8 Å². The highest BCUT2D eigenvalue weighted by molar-refractivity contribution is 7.99. The average Bonchev–Trinajstić information content (AvgIpc) is 3.12. The maximum Gasteiger partial charge on any atom is 0.236 e. The molecule has 0 aliphatic carbocycles. The van der Waals surface area contributed by atoms with Gasteiger partial charge < -0.3 is 9.84 Å². The van der Waals surface area contributed by atoms with Crippen molar-refractivity contribution in [1.29, 1.82) is 0 Å². The van der Waals surface area contributed by atoms with Crippen LogP contribution < -0.4 is 5.32 Å². The number of nitrogens with zero attached hydrogens (tertiary/aromatic N) is 2. The van der Waals surface area contributed by atoms with Crippen molar-refractivity contribution >= 4 is 35.0 Å². The minimum atomic E-state index is -0.127. The van der Waals surface area contributed by atoms with E-state index in [-0.39, 0.29) is 11.7 Å². The molecule has 0 bridgehead atoms. The van der Waals surface area contributed by atoms with E-state index < -0.39 is 0 Å². The number of thioether (sulfide) groups is 1. The summed E-state index contributed by atoms with van der Waals surface area (Å²) in [6, 6.07) is 15.2.